The Bertz CT molecular complexity index is 574. The van der Waals surface area contributed by atoms with E-state index in [-0.39, 0.29) is 23.9 Å². The minimum atomic E-state index is -0.440. The molecule has 0 aliphatic rings. The largest absolute Gasteiger partial charge is 0.382 e. The van der Waals surface area contributed by atoms with Crippen molar-refractivity contribution in [3.8, 4) is 0 Å². The van der Waals surface area contributed by atoms with Crippen LogP contribution in [0.2, 0.25) is 0 Å². The first kappa shape index (κ1) is 12.0. The van der Waals surface area contributed by atoms with Crippen molar-refractivity contribution in [1.82, 2.24) is 15.3 Å². The Morgan fingerprint density at radius 1 is 1.33 bits per heavy atom. The monoisotopic (exact) mass is 246 g/mol. The Balaban J connectivity index is 2.03. The standard InChI is InChI=1S/C12H11FN4O/c13-9-3-1-2-8(6-9)7-17-12(18)10-11(14)16-5-4-15-10/h1-6H,7H2,(H2,14,16)(H,17,18). The summed E-state index contributed by atoms with van der Waals surface area (Å²) in [6, 6.07) is 5.98. The molecule has 0 aliphatic heterocycles. The molecule has 1 aromatic carbocycles. The van der Waals surface area contributed by atoms with E-state index in [1.54, 1.807) is 12.1 Å². The third kappa shape index (κ3) is 2.79. The quantitative estimate of drug-likeness (QED) is 0.850. The van der Waals surface area contributed by atoms with E-state index in [1.165, 1.54) is 24.5 Å². The van der Waals surface area contributed by atoms with Gasteiger partial charge in [-0.3, -0.25) is 4.79 Å². The summed E-state index contributed by atoms with van der Waals surface area (Å²) in [6.07, 6.45) is 2.78. The van der Waals surface area contributed by atoms with Crippen molar-refractivity contribution in [3.63, 3.8) is 0 Å². The third-order valence-electron chi connectivity index (χ3n) is 2.28. The van der Waals surface area contributed by atoms with Crippen molar-refractivity contribution in [1.29, 1.82) is 0 Å². The van der Waals surface area contributed by atoms with E-state index >= 15 is 0 Å². The first-order valence-electron chi connectivity index (χ1n) is 5.26. The number of anilines is 1. The van der Waals surface area contributed by atoms with Gasteiger partial charge >= 0.3 is 0 Å². The van der Waals surface area contributed by atoms with Gasteiger partial charge in [-0.05, 0) is 17.7 Å². The predicted octanol–water partition coefficient (Wildman–Crippen LogP) is 1.13. The number of hydrogen-bond acceptors (Lipinski definition) is 4. The van der Waals surface area contributed by atoms with E-state index in [0.717, 1.165) is 0 Å². The maximum absolute atomic E-state index is 12.9. The fourth-order valence-corrected chi connectivity index (χ4v) is 1.44. The number of nitrogens with one attached hydrogen (secondary N) is 1. The van der Waals surface area contributed by atoms with E-state index in [9.17, 15) is 9.18 Å². The number of halogens is 1. The molecule has 3 N–H and O–H groups in total. The van der Waals surface area contributed by atoms with Crippen LogP contribution in [-0.2, 0) is 6.54 Å². The van der Waals surface area contributed by atoms with Gasteiger partial charge in [0.25, 0.3) is 5.91 Å². The van der Waals surface area contributed by atoms with Gasteiger partial charge in [-0.25, -0.2) is 14.4 Å². The molecule has 18 heavy (non-hydrogen) atoms. The number of hydrogen-bond donors (Lipinski definition) is 2. The van der Waals surface area contributed by atoms with Gasteiger partial charge < -0.3 is 11.1 Å². The van der Waals surface area contributed by atoms with Crippen molar-refractivity contribution in [2.75, 3.05) is 5.73 Å². The van der Waals surface area contributed by atoms with E-state index in [2.05, 4.69) is 15.3 Å². The minimum Gasteiger partial charge on any atom is -0.382 e. The number of amides is 1. The van der Waals surface area contributed by atoms with Crippen LogP contribution in [0.5, 0.6) is 0 Å². The summed E-state index contributed by atoms with van der Waals surface area (Å²) in [4.78, 5) is 19.3. The smallest absolute Gasteiger partial charge is 0.273 e. The van der Waals surface area contributed by atoms with Crippen LogP contribution in [0, 0.1) is 5.82 Å². The molecule has 0 bridgehead atoms. The molecule has 5 nitrogen and oxygen atoms in total. The zero-order valence-corrected chi connectivity index (χ0v) is 9.43. The topological polar surface area (TPSA) is 80.9 Å². The molecule has 2 aromatic rings. The Morgan fingerprint density at radius 2 is 2.11 bits per heavy atom. The average molecular weight is 246 g/mol. The molecule has 0 fully saturated rings. The number of carbonyl (C=O) groups excluding carboxylic acids is 1. The van der Waals surface area contributed by atoms with E-state index < -0.39 is 5.91 Å². The molecule has 1 amide bonds. The summed E-state index contributed by atoms with van der Waals surface area (Å²) < 4.78 is 12.9. The lowest BCUT2D eigenvalue weighted by Gasteiger charge is -2.06. The minimum absolute atomic E-state index is 0.0638. The maximum atomic E-state index is 12.9. The molecule has 0 spiro atoms. The number of carbonyl (C=O) groups is 1. The highest BCUT2D eigenvalue weighted by Crippen LogP contribution is 2.05. The van der Waals surface area contributed by atoms with Crippen molar-refractivity contribution in [3.05, 3.63) is 53.7 Å². The first-order chi connectivity index (χ1) is 8.66. The fraction of sp³-hybridized carbons (Fsp3) is 0.0833. The number of nitrogens with zero attached hydrogens (tertiary/aromatic N) is 2. The predicted molar refractivity (Wildman–Crippen MR) is 64.0 cm³/mol. The number of aromatic nitrogens is 2. The number of benzene rings is 1. The number of rotatable bonds is 3. The van der Waals surface area contributed by atoms with Crippen molar-refractivity contribution in [2.45, 2.75) is 6.54 Å². The van der Waals surface area contributed by atoms with Gasteiger partial charge in [-0.15, -0.1) is 0 Å². The second-order valence-corrected chi connectivity index (χ2v) is 3.60. The molecule has 0 atom stereocenters. The van der Waals surface area contributed by atoms with Gasteiger partial charge in [0.1, 0.15) is 5.82 Å². The second kappa shape index (κ2) is 5.22. The van der Waals surface area contributed by atoms with E-state index in [1.807, 2.05) is 0 Å². The highest BCUT2D eigenvalue weighted by atomic mass is 19.1. The molecule has 92 valence electrons. The van der Waals surface area contributed by atoms with Crippen LogP contribution in [0.15, 0.2) is 36.7 Å². The summed E-state index contributed by atoms with van der Waals surface area (Å²) in [5.41, 5.74) is 6.24. The Hall–Kier alpha value is -2.50. The molecular formula is C12H11FN4O. The zero-order chi connectivity index (χ0) is 13.0. The normalized spacial score (nSPS) is 10.1. The molecule has 0 aliphatic carbocycles. The van der Waals surface area contributed by atoms with Gasteiger partial charge in [0.05, 0.1) is 0 Å². The van der Waals surface area contributed by atoms with Gasteiger partial charge in [0.2, 0.25) is 0 Å². The summed E-state index contributed by atoms with van der Waals surface area (Å²) >= 11 is 0. The molecule has 1 heterocycles. The van der Waals surface area contributed by atoms with Crippen LogP contribution in [0.4, 0.5) is 10.2 Å². The summed E-state index contributed by atoms with van der Waals surface area (Å²) in [5, 5.41) is 2.60. The number of nitrogens with two attached hydrogens (primary N) is 1. The molecule has 0 saturated carbocycles. The maximum Gasteiger partial charge on any atom is 0.273 e. The molecule has 6 heteroatoms. The molecular weight excluding hydrogens is 235 g/mol. The van der Waals surface area contributed by atoms with Gasteiger partial charge in [0, 0.05) is 18.9 Å². The van der Waals surface area contributed by atoms with Crippen molar-refractivity contribution < 1.29 is 9.18 Å². The highest BCUT2D eigenvalue weighted by Gasteiger charge is 2.11. The van der Waals surface area contributed by atoms with Crippen LogP contribution in [0.25, 0.3) is 0 Å². The molecule has 2 rings (SSSR count). The van der Waals surface area contributed by atoms with Crippen LogP contribution >= 0.6 is 0 Å². The first-order valence-corrected chi connectivity index (χ1v) is 5.26. The summed E-state index contributed by atoms with van der Waals surface area (Å²) in [7, 11) is 0. The molecule has 0 radical (unpaired) electrons. The van der Waals surface area contributed by atoms with Crippen LogP contribution in [-0.4, -0.2) is 15.9 Å². The Labute approximate surface area is 103 Å². The van der Waals surface area contributed by atoms with Crippen molar-refractivity contribution in [2.24, 2.45) is 0 Å². The van der Waals surface area contributed by atoms with E-state index in [4.69, 9.17) is 5.73 Å². The van der Waals surface area contributed by atoms with Crippen LogP contribution in [0.1, 0.15) is 16.1 Å². The van der Waals surface area contributed by atoms with Gasteiger partial charge in [0.15, 0.2) is 11.5 Å². The Kier molecular flexibility index (Phi) is 3.47. The summed E-state index contributed by atoms with van der Waals surface area (Å²) in [5.74, 6) is -0.722. The Morgan fingerprint density at radius 3 is 2.83 bits per heavy atom. The van der Waals surface area contributed by atoms with E-state index in [0.29, 0.717) is 5.56 Å². The lowest BCUT2D eigenvalue weighted by molar-refractivity contribution is 0.0946. The molecule has 1 aromatic heterocycles. The zero-order valence-electron chi connectivity index (χ0n) is 9.43. The van der Waals surface area contributed by atoms with Crippen LogP contribution < -0.4 is 11.1 Å². The second-order valence-electron chi connectivity index (χ2n) is 3.60. The molecule has 0 unspecified atom stereocenters. The average Bonchev–Trinajstić information content (AvgIpc) is 2.37. The van der Waals surface area contributed by atoms with Crippen LogP contribution in [0.3, 0.4) is 0 Å². The molecule has 0 saturated heterocycles. The lowest BCUT2D eigenvalue weighted by Crippen LogP contribution is -2.25. The third-order valence-corrected chi connectivity index (χ3v) is 2.28. The van der Waals surface area contributed by atoms with Gasteiger partial charge in [-0.2, -0.15) is 0 Å². The lowest BCUT2D eigenvalue weighted by atomic mass is 10.2. The van der Waals surface area contributed by atoms with Gasteiger partial charge in [-0.1, -0.05) is 12.1 Å². The highest BCUT2D eigenvalue weighted by molar-refractivity contribution is 5.96. The SMILES string of the molecule is Nc1nccnc1C(=O)NCc1cccc(F)c1. The summed E-state index contributed by atoms with van der Waals surface area (Å²) in [6.45, 7) is 0.201. The van der Waals surface area contributed by atoms with Crippen molar-refractivity contribution >= 4 is 11.7 Å². The number of nitrogen functional groups attached to an aromatic ring is 1. The fourth-order valence-electron chi connectivity index (χ4n) is 1.44.